The van der Waals surface area contributed by atoms with Gasteiger partial charge in [-0.25, -0.2) is 9.97 Å². The number of methoxy groups -OCH3 is 1. The number of aromatic nitrogens is 3. The Morgan fingerprint density at radius 3 is 2.81 bits per heavy atom. The summed E-state index contributed by atoms with van der Waals surface area (Å²) in [4.78, 5) is 21.9. The molecule has 4 aromatic rings. The van der Waals surface area contributed by atoms with Crippen LogP contribution in [0.2, 0.25) is 0 Å². The molecule has 3 aromatic heterocycles. The molecule has 3 heterocycles. The summed E-state index contributed by atoms with van der Waals surface area (Å²) in [6.07, 6.45) is 5.14. The van der Waals surface area contributed by atoms with Crippen LogP contribution in [0.15, 0.2) is 54.4 Å². The molecule has 1 aromatic carbocycles. The second-order valence-electron chi connectivity index (χ2n) is 5.80. The van der Waals surface area contributed by atoms with Gasteiger partial charge in [-0.3, -0.25) is 9.20 Å². The minimum Gasteiger partial charge on any atom is -0.481 e. The van der Waals surface area contributed by atoms with Crippen LogP contribution in [-0.2, 0) is 0 Å². The molecule has 130 valence electrons. The molecule has 0 fully saturated rings. The van der Waals surface area contributed by atoms with Crippen molar-refractivity contribution in [2.75, 3.05) is 12.4 Å². The standard InChI is InChI=1S/C19H16N4O2S/c1-12-3-4-13(14-5-6-17(25-2)21-8-14)7-15(12)22-19(24)16-10-26-18-9-20-11-23(16)18/h3-11H,1-2H3,(H,22,24). The van der Waals surface area contributed by atoms with Gasteiger partial charge in [0.1, 0.15) is 16.9 Å². The molecule has 0 spiro atoms. The Morgan fingerprint density at radius 2 is 2.04 bits per heavy atom. The number of ether oxygens (including phenoxy) is 1. The predicted octanol–water partition coefficient (Wildman–Crippen LogP) is 4.03. The number of amides is 1. The van der Waals surface area contributed by atoms with Gasteiger partial charge in [0.05, 0.1) is 13.3 Å². The molecule has 0 atom stereocenters. The van der Waals surface area contributed by atoms with E-state index in [9.17, 15) is 4.79 Å². The molecule has 0 unspecified atom stereocenters. The number of anilines is 1. The van der Waals surface area contributed by atoms with E-state index < -0.39 is 0 Å². The maximum Gasteiger partial charge on any atom is 0.273 e. The van der Waals surface area contributed by atoms with Crippen LogP contribution >= 0.6 is 11.3 Å². The van der Waals surface area contributed by atoms with Crippen LogP contribution in [0.1, 0.15) is 16.1 Å². The predicted molar refractivity (Wildman–Crippen MR) is 102 cm³/mol. The van der Waals surface area contributed by atoms with E-state index in [0.717, 1.165) is 27.2 Å². The number of rotatable bonds is 4. The van der Waals surface area contributed by atoms with E-state index in [2.05, 4.69) is 15.3 Å². The quantitative estimate of drug-likeness (QED) is 0.594. The highest BCUT2D eigenvalue weighted by atomic mass is 32.1. The minimum absolute atomic E-state index is 0.164. The van der Waals surface area contributed by atoms with Crippen molar-refractivity contribution in [2.24, 2.45) is 0 Å². The SMILES string of the molecule is COc1ccc(-c2ccc(C)c(NC(=O)c3csc4cncn34)c2)cn1. The molecule has 0 radical (unpaired) electrons. The number of benzene rings is 1. The lowest BCUT2D eigenvalue weighted by atomic mass is 10.0. The molecular weight excluding hydrogens is 348 g/mol. The normalized spacial score (nSPS) is 10.8. The molecule has 4 rings (SSSR count). The zero-order valence-corrected chi connectivity index (χ0v) is 15.1. The molecule has 0 aliphatic heterocycles. The lowest BCUT2D eigenvalue weighted by molar-refractivity contribution is 0.102. The second-order valence-corrected chi connectivity index (χ2v) is 6.69. The van der Waals surface area contributed by atoms with E-state index in [1.165, 1.54) is 11.3 Å². The number of carbonyl (C=O) groups excluding carboxylic acids is 1. The van der Waals surface area contributed by atoms with Gasteiger partial charge >= 0.3 is 0 Å². The van der Waals surface area contributed by atoms with Crippen molar-refractivity contribution in [3.8, 4) is 17.0 Å². The Hall–Kier alpha value is -3.19. The summed E-state index contributed by atoms with van der Waals surface area (Å²) >= 11 is 1.49. The average molecular weight is 364 g/mol. The molecular formula is C19H16N4O2S. The van der Waals surface area contributed by atoms with Gasteiger partial charge in [0.2, 0.25) is 5.88 Å². The first kappa shape index (κ1) is 16.3. The molecule has 6 nitrogen and oxygen atoms in total. The maximum absolute atomic E-state index is 12.7. The Labute approximate surface area is 154 Å². The van der Waals surface area contributed by atoms with E-state index in [-0.39, 0.29) is 5.91 Å². The van der Waals surface area contributed by atoms with Crippen molar-refractivity contribution >= 4 is 27.8 Å². The van der Waals surface area contributed by atoms with Crippen LogP contribution < -0.4 is 10.1 Å². The summed E-state index contributed by atoms with van der Waals surface area (Å²) < 4.78 is 6.88. The first-order chi connectivity index (χ1) is 12.7. The fraction of sp³-hybridized carbons (Fsp3) is 0.105. The molecule has 1 amide bonds. The van der Waals surface area contributed by atoms with Crippen LogP contribution in [0.4, 0.5) is 5.69 Å². The lowest BCUT2D eigenvalue weighted by Crippen LogP contribution is -2.14. The molecule has 0 aliphatic rings. The summed E-state index contributed by atoms with van der Waals surface area (Å²) in [5.74, 6) is 0.401. The first-order valence-electron chi connectivity index (χ1n) is 7.97. The Balaban J connectivity index is 1.63. The third kappa shape index (κ3) is 2.93. The topological polar surface area (TPSA) is 68.5 Å². The molecule has 0 aliphatic carbocycles. The third-order valence-electron chi connectivity index (χ3n) is 4.15. The van der Waals surface area contributed by atoms with Gasteiger partial charge in [-0.15, -0.1) is 11.3 Å². The fourth-order valence-electron chi connectivity index (χ4n) is 2.68. The molecule has 0 saturated heterocycles. The van der Waals surface area contributed by atoms with E-state index in [4.69, 9.17) is 4.74 Å². The number of carbonyl (C=O) groups is 1. The molecule has 26 heavy (non-hydrogen) atoms. The van der Waals surface area contributed by atoms with Crippen molar-refractivity contribution in [1.82, 2.24) is 14.4 Å². The van der Waals surface area contributed by atoms with Crippen molar-refractivity contribution in [3.63, 3.8) is 0 Å². The number of hydrogen-bond acceptors (Lipinski definition) is 5. The molecule has 1 N–H and O–H groups in total. The van der Waals surface area contributed by atoms with E-state index in [1.54, 1.807) is 30.2 Å². The number of thiazole rings is 1. The molecule has 0 bridgehead atoms. The van der Waals surface area contributed by atoms with Crippen LogP contribution in [0.5, 0.6) is 5.88 Å². The molecule has 0 saturated carbocycles. The molecule has 7 heteroatoms. The number of pyridine rings is 1. The monoisotopic (exact) mass is 364 g/mol. The third-order valence-corrected chi connectivity index (χ3v) is 5.04. The largest absolute Gasteiger partial charge is 0.481 e. The van der Waals surface area contributed by atoms with Crippen LogP contribution in [0.3, 0.4) is 0 Å². The number of nitrogens with zero attached hydrogens (tertiary/aromatic N) is 3. The summed E-state index contributed by atoms with van der Waals surface area (Å²) in [5.41, 5.74) is 4.25. The van der Waals surface area contributed by atoms with Gasteiger partial charge in [-0.1, -0.05) is 12.1 Å². The van der Waals surface area contributed by atoms with Gasteiger partial charge in [-0.2, -0.15) is 0 Å². The van der Waals surface area contributed by atoms with E-state index in [1.807, 2.05) is 42.6 Å². The Bertz CT molecular complexity index is 1080. The van der Waals surface area contributed by atoms with Crippen molar-refractivity contribution < 1.29 is 9.53 Å². The highest BCUT2D eigenvalue weighted by molar-refractivity contribution is 7.15. The van der Waals surface area contributed by atoms with E-state index >= 15 is 0 Å². The van der Waals surface area contributed by atoms with Crippen LogP contribution in [0, 0.1) is 6.92 Å². The lowest BCUT2D eigenvalue weighted by Gasteiger charge is -2.11. The Morgan fingerprint density at radius 1 is 1.19 bits per heavy atom. The van der Waals surface area contributed by atoms with Gasteiger partial charge in [0.15, 0.2) is 0 Å². The number of hydrogen-bond donors (Lipinski definition) is 1. The van der Waals surface area contributed by atoms with Crippen molar-refractivity contribution in [2.45, 2.75) is 6.92 Å². The number of nitrogens with one attached hydrogen (secondary N) is 1. The van der Waals surface area contributed by atoms with Crippen molar-refractivity contribution in [3.05, 3.63) is 65.7 Å². The first-order valence-corrected chi connectivity index (χ1v) is 8.85. The minimum atomic E-state index is -0.164. The zero-order valence-electron chi connectivity index (χ0n) is 14.3. The van der Waals surface area contributed by atoms with Crippen LogP contribution in [-0.4, -0.2) is 27.4 Å². The summed E-state index contributed by atoms with van der Waals surface area (Å²) in [7, 11) is 1.59. The number of aryl methyl sites for hydroxylation is 1. The van der Waals surface area contributed by atoms with Gasteiger partial charge in [0.25, 0.3) is 5.91 Å². The average Bonchev–Trinajstić information content (AvgIpc) is 3.27. The smallest absolute Gasteiger partial charge is 0.273 e. The summed E-state index contributed by atoms with van der Waals surface area (Å²) in [6, 6.07) is 9.70. The van der Waals surface area contributed by atoms with Gasteiger partial charge in [0, 0.05) is 28.9 Å². The van der Waals surface area contributed by atoms with Gasteiger partial charge < -0.3 is 10.1 Å². The van der Waals surface area contributed by atoms with Crippen molar-refractivity contribution in [1.29, 1.82) is 0 Å². The van der Waals surface area contributed by atoms with E-state index in [0.29, 0.717) is 11.6 Å². The van der Waals surface area contributed by atoms with Crippen LogP contribution in [0.25, 0.3) is 16.0 Å². The summed E-state index contributed by atoms with van der Waals surface area (Å²) in [6.45, 7) is 1.96. The fourth-order valence-corrected chi connectivity index (χ4v) is 3.52. The maximum atomic E-state index is 12.7. The highest BCUT2D eigenvalue weighted by Gasteiger charge is 2.14. The zero-order chi connectivity index (χ0) is 18.1. The number of imidazole rings is 1. The highest BCUT2D eigenvalue weighted by Crippen LogP contribution is 2.27. The summed E-state index contributed by atoms with van der Waals surface area (Å²) in [5, 5.41) is 4.83. The van der Waals surface area contributed by atoms with Gasteiger partial charge in [-0.05, 0) is 30.2 Å². The Kier molecular flexibility index (Phi) is 4.14. The second kappa shape index (κ2) is 6.61. The number of fused-ring (bicyclic) bond motifs is 1.